The van der Waals surface area contributed by atoms with Crippen LogP contribution in [-0.2, 0) is 37.2 Å². The summed E-state index contributed by atoms with van der Waals surface area (Å²) in [5.41, 5.74) is -0.754. The predicted molar refractivity (Wildman–Crippen MR) is 187 cm³/mol. The van der Waals surface area contributed by atoms with Crippen molar-refractivity contribution in [2.24, 2.45) is 0 Å². The van der Waals surface area contributed by atoms with Crippen LogP contribution in [0, 0.1) is 0 Å². The van der Waals surface area contributed by atoms with Crippen molar-refractivity contribution >= 4 is 35.3 Å². The lowest BCUT2D eigenvalue weighted by molar-refractivity contribution is -0.164. The number of methoxy groups -OCH3 is 1. The molecule has 1 aliphatic rings. The van der Waals surface area contributed by atoms with Gasteiger partial charge in [-0.15, -0.1) is 0 Å². The maximum absolute atomic E-state index is 13.7. The molecule has 1 N–H and O–H groups in total. The summed E-state index contributed by atoms with van der Waals surface area (Å²) in [5, 5.41) is 2.72. The number of carbonyl (C=O) groups excluding carboxylic acids is 5. The number of nitrogens with zero attached hydrogens (tertiary/aromatic N) is 2. The fraction of sp³-hybridized carbons (Fsp3) is 0.256. The van der Waals surface area contributed by atoms with Crippen molar-refractivity contribution in [1.29, 1.82) is 0 Å². The van der Waals surface area contributed by atoms with Gasteiger partial charge in [0.2, 0.25) is 5.54 Å². The molecule has 1 atom stereocenters. The number of carbonyl (C=O) groups is 5. The van der Waals surface area contributed by atoms with Gasteiger partial charge in [-0.1, -0.05) is 36.4 Å². The van der Waals surface area contributed by atoms with E-state index in [9.17, 15) is 37.1 Å². The molecule has 0 bridgehead atoms. The Kier molecular flexibility index (Phi) is 10.9. The molecule has 11 nitrogen and oxygen atoms in total. The lowest BCUT2D eigenvalue weighted by atomic mass is 9.90. The van der Waals surface area contributed by atoms with Crippen molar-refractivity contribution in [3.8, 4) is 16.9 Å². The SMILES string of the molecule is CCOC(=O)[C@]1(COC(=O)Cc2ccc(NC(=O)c3ccc(OC)cc3-c3ccc(C(F)(F)F)cc3)c(C(=O)N(C)C)c2)c2ccccc2C(=O)N1C. The third-order valence-corrected chi connectivity index (χ3v) is 8.85. The molecule has 0 saturated heterocycles. The molecule has 1 heterocycles. The largest absolute Gasteiger partial charge is 0.497 e. The zero-order valence-corrected chi connectivity index (χ0v) is 29.5. The van der Waals surface area contributed by atoms with Crippen LogP contribution in [0.2, 0.25) is 0 Å². The highest BCUT2D eigenvalue weighted by atomic mass is 19.4. The van der Waals surface area contributed by atoms with E-state index in [4.69, 9.17) is 14.2 Å². The molecule has 1 aliphatic heterocycles. The van der Waals surface area contributed by atoms with Crippen LogP contribution in [0.5, 0.6) is 5.75 Å². The highest BCUT2D eigenvalue weighted by Gasteiger charge is 2.55. The Balaban J connectivity index is 1.40. The van der Waals surface area contributed by atoms with Crippen molar-refractivity contribution in [3.05, 3.63) is 118 Å². The van der Waals surface area contributed by atoms with Gasteiger partial charge in [-0.3, -0.25) is 19.2 Å². The Bertz CT molecular complexity index is 2080. The van der Waals surface area contributed by atoms with E-state index >= 15 is 0 Å². The molecule has 0 fully saturated rings. The normalized spacial score (nSPS) is 15.0. The van der Waals surface area contributed by atoms with Gasteiger partial charge in [-0.25, -0.2) is 4.79 Å². The van der Waals surface area contributed by atoms with Gasteiger partial charge in [0.05, 0.1) is 37.0 Å². The quantitative estimate of drug-likeness (QED) is 0.187. The first kappa shape index (κ1) is 38.1. The Morgan fingerprint density at radius 3 is 2.21 bits per heavy atom. The predicted octanol–water partition coefficient (Wildman–Crippen LogP) is 5.97. The van der Waals surface area contributed by atoms with Gasteiger partial charge < -0.3 is 29.3 Å². The minimum absolute atomic E-state index is 0.0269. The Hall–Kier alpha value is -6.18. The van der Waals surface area contributed by atoms with Gasteiger partial charge >= 0.3 is 18.1 Å². The van der Waals surface area contributed by atoms with Gasteiger partial charge in [0.1, 0.15) is 12.4 Å². The number of amides is 3. The highest BCUT2D eigenvalue weighted by Crippen LogP contribution is 2.40. The van der Waals surface area contributed by atoms with E-state index in [-0.39, 0.29) is 41.0 Å². The molecule has 0 radical (unpaired) electrons. The molecule has 5 rings (SSSR count). The summed E-state index contributed by atoms with van der Waals surface area (Å²) >= 11 is 0. The van der Waals surface area contributed by atoms with Gasteiger partial charge in [0.25, 0.3) is 17.7 Å². The molecule has 0 unspecified atom stereocenters. The number of ether oxygens (including phenoxy) is 3. The number of alkyl halides is 3. The number of halogens is 3. The number of nitrogens with one attached hydrogen (secondary N) is 1. The summed E-state index contributed by atoms with van der Waals surface area (Å²) in [4.78, 5) is 69.1. The monoisotopic (exact) mass is 731 g/mol. The van der Waals surface area contributed by atoms with E-state index in [2.05, 4.69) is 5.32 Å². The van der Waals surface area contributed by atoms with E-state index in [0.29, 0.717) is 22.4 Å². The highest BCUT2D eigenvalue weighted by molar-refractivity contribution is 6.12. The average molecular weight is 732 g/mol. The van der Waals surface area contributed by atoms with Crippen LogP contribution in [0.3, 0.4) is 0 Å². The van der Waals surface area contributed by atoms with Gasteiger partial charge in [-0.2, -0.15) is 13.2 Å². The number of esters is 2. The molecule has 4 aromatic rings. The first-order valence-electron chi connectivity index (χ1n) is 16.3. The molecule has 14 heteroatoms. The summed E-state index contributed by atoms with van der Waals surface area (Å²) in [6, 6.07) is 19.7. The first-order valence-corrected chi connectivity index (χ1v) is 16.3. The molecular formula is C39H36F3N3O8. The van der Waals surface area contributed by atoms with Crippen molar-refractivity contribution in [2.45, 2.75) is 25.1 Å². The molecule has 4 aromatic carbocycles. The zero-order valence-electron chi connectivity index (χ0n) is 29.5. The Morgan fingerprint density at radius 1 is 0.868 bits per heavy atom. The number of hydrogen-bond acceptors (Lipinski definition) is 8. The number of anilines is 1. The van der Waals surface area contributed by atoms with E-state index in [1.165, 1.54) is 86.6 Å². The summed E-state index contributed by atoms with van der Waals surface area (Å²) in [5.74, 6) is -2.77. The Morgan fingerprint density at radius 2 is 1.57 bits per heavy atom. The number of likely N-dealkylation sites (N-methyl/N-ethyl adjacent to an activating group) is 1. The molecule has 0 spiro atoms. The molecule has 0 saturated carbocycles. The van der Waals surface area contributed by atoms with Gasteiger partial charge in [-0.05, 0) is 72.1 Å². The maximum Gasteiger partial charge on any atom is 0.416 e. The second-order valence-electron chi connectivity index (χ2n) is 12.3. The van der Waals surface area contributed by atoms with E-state index in [0.717, 1.165) is 12.1 Å². The van der Waals surface area contributed by atoms with E-state index in [1.807, 2.05) is 0 Å². The summed E-state index contributed by atoms with van der Waals surface area (Å²) in [6.45, 7) is 1.12. The fourth-order valence-corrected chi connectivity index (χ4v) is 6.04. The van der Waals surface area contributed by atoms with Crippen LogP contribution in [0.25, 0.3) is 11.1 Å². The maximum atomic E-state index is 13.7. The van der Waals surface area contributed by atoms with Crippen LogP contribution in [-0.4, -0.2) is 80.9 Å². The molecular weight excluding hydrogens is 695 g/mol. The van der Waals surface area contributed by atoms with Crippen LogP contribution in [0.4, 0.5) is 18.9 Å². The standard InChI is InChI=1S/C39H36F3N3O8/c1-6-52-37(50)38(31-10-8-7-9-28(31)36(49)45(38)4)22-53-33(46)20-23-11-18-32(30(19-23)35(48)44(2)3)43-34(47)27-17-16-26(51-5)21-29(27)24-12-14-25(15-13-24)39(40,41)42/h7-19,21H,6,20,22H2,1-5H3,(H,43,47)/t38-/m0/s1. The minimum Gasteiger partial charge on any atom is -0.497 e. The fourth-order valence-electron chi connectivity index (χ4n) is 6.04. The first-order chi connectivity index (χ1) is 25.1. The topological polar surface area (TPSA) is 132 Å². The smallest absolute Gasteiger partial charge is 0.416 e. The van der Waals surface area contributed by atoms with E-state index in [1.54, 1.807) is 31.2 Å². The van der Waals surface area contributed by atoms with Crippen LogP contribution in [0.15, 0.2) is 84.9 Å². The van der Waals surface area contributed by atoms with Crippen molar-refractivity contribution in [1.82, 2.24) is 9.80 Å². The third-order valence-electron chi connectivity index (χ3n) is 8.85. The third kappa shape index (κ3) is 7.57. The van der Waals surface area contributed by atoms with Gasteiger partial charge in [0, 0.05) is 37.8 Å². The zero-order chi connectivity index (χ0) is 38.7. The van der Waals surface area contributed by atoms with Crippen molar-refractivity contribution in [3.63, 3.8) is 0 Å². The van der Waals surface area contributed by atoms with Crippen molar-refractivity contribution in [2.75, 3.05) is 46.8 Å². The number of benzene rings is 4. The molecule has 53 heavy (non-hydrogen) atoms. The summed E-state index contributed by atoms with van der Waals surface area (Å²) in [6.07, 6.45) is -4.88. The Labute approximate surface area is 303 Å². The number of fused-ring (bicyclic) bond motifs is 1. The van der Waals surface area contributed by atoms with Crippen LogP contribution >= 0.6 is 0 Å². The minimum atomic E-state index is -4.55. The molecule has 3 amide bonds. The summed E-state index contributed by atoms with van der Waals surface area (Å²) < 4.78 is 55.9. The lowest BCUT2D eigenvalue weighted by Crippen LogP contribution is -2.52. The van der Waals surface area contributed by atoms with Crippen molar-refractivity contribution < 1.29 is 51.4 Å². The van der Waals surface area contributed by atoms with Gasteiger partial charge in [0.15, 0.2) is 0 Å². The average Bonchev–Trinajstić information content (AvgIpc) is 3.36. The summed E-state index contributed by atoms with van der Waals surface area (Å²) in [7, 11) is 5.85. The number of rotatable bonds is 11. The van der Waals surface area contributed by atoms with E-state index < -0.39 is 53.5 Å². The second kappa shape index (κ2) is 15.2. The molecule has 0 aromatic heterocycles. The van der Waals surface area contributed by atoms with Crippen LogP contribution < -0.4 is 10.1 Å². The molecule has 0 aliphatic carbocycles. The molecule has 276 valence electrons. The van der Waals surface area contributed by atoms with Crippen LogP contribution in [0.1, 0.15) is 54.7 Å². The lowest BCUT2D eigenvalue weighted by Gasteiger charge is -2.33. The second-order valence-corrected chi connectivity index (χ2v) is 12.3. The number of hydrogen-bond donors (Lipinski definition) is 1.